The molecule has 0 saturated heterocycles. The highest BCUT2D eigenvalue weighted by molar-refractivity contribution is 7.26. The van der Waals surface area contributed by atoms with Gasteiger partial charge in [-0.3, -0.25) is 0 Å². The van der Waals surface area contributed by atoms with E-state index in [0.717, 1.165) is 39.0 Å². The van der Waals surface area contributed by atoms with Gasteiger partial charge in [0.2, 0.25) is 0 Å². The summed E-state index contributed by atoms with van der Waals surface area (Å²) < 4.78 is 8.99. The molecule has 2 nitrogen and oxygen atoms in total. The fourth-order valence-electron chi connectivity index (χ4n) is 7.40. The van der Waals surface area contributed by atoms with Gasteiger partial charge in [-0.1, -0.05) is 146 Å². The molecule has 8 aromatic carbocycles. The van der Waals surface area contributed by atoms with Crippen molar-refractivity contribution in [1.82, 2.24) is 0 Å². The van der Waals surface area contributed by atoms with Crippen molar-refractivity contribution in [1.29, 1.82) is 0 Å². The van der Waals surface area contributed by atoms with Crippen LogP contribution in [-0.2, 0) is 0 Å². The summed E-state index contributed by atoms with van der Waals surface area (Å²) >= 11 is 1.86. The average molecular weight is 670 g/mol. The lowest BCUT2D eigenvalue weighted by Crippen LogP contribution is -2.11. The first-order valence-corrected chi connectivity index (χ1v) is 18.1. The summed E-state index contributed by atoms with van der Waals surface area (Å²) in [4.78, 5) is 2.43. The van der Waals surface area contributed by atoms with Gasteiger partial charge in [-0.15, -0.1) is 11.3 Å². The van der Waals surface area contributed by atoms with Crippen LogP contribution in [0.2, 0.25) is 0 Å². The van der Waals surface area contributed by atoms with Crippen LogP contribution in [0.1, 0.15) is 0 Å². The molecule has 0 bridgehead atoms. The molecule has 0 aliphatic heterocycles. The van der Waals surface area contributed by atoms with Crippen LogP contribution in [0.25, 0.3) is 75.5 Å². The largest absolute Gasteiger partial charge is 0.456 e. The molecule has 0 unspecified atom stereocenters. The highest BCUT2D eigenvalue weighted by Gasteiger charge is 2.23. The molecule has 0 atom stereocenters. The Morgan fingerprint density at radius 2 is 0.902 bits per heavy atom. The molecular weight excluding hydrogens is 639 g/mol. The van der Waals surface area contributed by atoms with Crippen molar-refractivity contribution in [2.24, 2.45) is 0 Å². The summed E-state index contributed by atoms with van der Waals surface area (Å²) in [5.41, 5.74) is 12.2. The number of benzene rings is 8. The van der Waals surface area contributed by atoms with E-state index in [1.165, 1.54) is 53.6 Å². The highest BCUT2D eigenvalue weighted by atomic mass is 32.1. The van der Waals surface area contributed by atoms with Crippen LogP contribution in [0, 0.1) is 0 Å². The Kier molecular flexibility index (Phi) is 7.04. The number of furan rings is 1. The number of para-hydroxylation sites is 1. The van der Waals surface area contributed by atoms with Gasteiger partial charge < -0.3 is 9.32 Å². The molecule has 240 valence electrons. The number of hydrogen-bond acceptors (Lipinski definition) is 3. The SMILES string of the molecule is c1ccc(-c2ccc(-c3ccc(N(c4ccc5c(c4)oc4ccccc45)c4c(-c5ccccc5)ccc5c4sc4ccccc45)cc3)cc2)cc1. The first-order valence-electron chi connectivity index (χ1n) is 17.3. The van der Waals surface area contributed by atoms with E-state index in [4.69, 9.17) is 4.42 Å². The maximum absolute atomic E-state index is 6.46. The van der Waals surface area contributed by atoms with E-state index in [-0.39, 0.29) is 0 Å². The zero-order valence-electron chi connectivity index (χ0n) is 27.7. The number of hydrogen-bond donors (Lipinski definition) is 0. The molecule has 3 heteroatoms. The predicted octanol–water partition coefficient (Wildman–Crippen LogP) is 14.4. The Balaban J connectivity index is 1.18. The average Bonchev–Trinajstić information content (AvgIpc) is 3.77. The van der Waals surface area contributed by atoms with Crippen LogP contribution < -0.4 is 4.90 Å². The van der Waals surface area contributed by atoms with Gasteiger partial charge in [0.1, 0.15) is 11.2 Å². The maximum atomic E-state index is 6.46. The third-order valence-electron chi connectivity index (χ3n) is 9.90. The predicted molar refractivity (Wildman–Crippen MR) is 218 cm³/mol. The second kappa shape index (κ2) is 12.2. The number of rotatable bonds is 6. The first-order chi connectivity index (χ1) is 25.3. The van der Waals surface area contributed by atoms with Gasteiger partial charge in [0, 0.05) is 49.2 Å². The molecule has 0 radical (unpaired) electrons. The minimum absolute atomic E-state index is 0.874. The highest BCUT2D eigenvalue weighted by Crippen LogP contribution is 2.50. The van der Waals surface area contributed by atoms with Crippen LogP contribution >= 0.6 is 11.3 Å². The van der Waals surface area contributed by atoms with Gasteiger partial charge in [-0.2, -0.15) is 0 Å². The number of fused-ring (bicyclic) bond motifs is 6. The molecule has 0 amide bonds. The van der Waals surface area contributed by atoms with Gasteiger partial charge in [0.25, 0.3) is 0 Å². The third kappa shape index (κ3) is 5.10. The monoisotopic (exact) mass is 669 g/mol. The summed E-state index contributed by atoms with van der Waals surface area (Å²) in [5, 5.41) is 4.78. The molecule has 10 aromatic rings. The standard InChI is InChI=1S/C48H31NOS/c1-3-11-32(12-4-1)33-19-21-34(22-20-33)35-23-25-37(26-24-35)49(38-27-28-41-40-15-7-9-17-44(40)50-45(41)31-38)47-39(36-13-5-2-6-14-36)29-30-43-42-16-8-10-18-46(42)51-48(43)47/h1-31H. The Morgan fingerprint density at radius 1 is 0.373 bits per heavy atom. The van der Waals surface area contributed by atoms with Gasteiger partial charge in [0.15, 0.2) is 0 Å². The molecule has 0 aliphatic rings. The van der Waals surface area contributed by atoms with Crippen LogP contribution in [0.3, 0.4) is 0 Å². The third-order valence-corrected chi connectivity index (χ3v) is 11.1. The van der Waals surface area contributed by atoms with Crippen molar-refractivity contribution in [2.75, 3.05) is 4.90 Å². The van der Waals surface area contributed by atoms with E-state index >= 15 is 0 Å². The molecule has 51 heavy (non-hydrogen) atoms. The van der Waals surface area contributed by atoms with Crippen molar-refractivity contribution in [3.63, 3.8) is 0 Å². The molecule has 10 rings (SSSR count). The fraction of sp³-hybridized carbons (Fsp3) is 0. The quantitative estimate of drug-likeness (QED) is 0.175. The Labute approximate surface area is 300 Å². The van der Waals surface area contributed by atoms with Crippen LogP contribution in [-0.4, -0.2) is 0 Å². The van der Waals surface area contributed by atoms with E-state index in [1.807, 2.05) is 23.5 Å². The summed E-state index contributed by atoms with van der Waals surface area (Å²) in [7, 11) is 0. The Morgan fingerprint density at radius 3 is 1.63 bits per heavy atom. The molecular formula is C48H31NOS. The van der Waals surface area contributed by atoms with E-state index in [0.29, 0.717) is 0 Å². The zero-order chi connectivity index (χ0) is 33.7. The fourth-order valence-corrected chi connectivity index (χ4v) is 8.64. The van der Waals surface area contributed by atoms with Crippen molar-refractivity contribution >= 4 is 70.5 Å². The minimum atomic E-state index is 0.874. The summed E-state index contributed by atoms with van der Waals surface area (Å²) in [5.74, 6) is 0. The van der Waals surface area contributed by atoms with Gasteiger partial charge >= 0.3 is 0 Å². The second-order valence-electron chi connectivity index (χ2n) is 12.9. The molecule has 0 spiro atoms. The topological polar surface area (TPSA) is 16.4 Å². The van der Waals surface area contributed by atoms with E-state index in [9.17, 15) is 0 Å². The molecule has 0 aliphatic carbocycles. The lowest BCUT2D eigenvalue weighted by Gasteiger charge is -2.29. The molecule has 2 aromatic heterocycles. The van der Waals surface area contributed by atoms with Crippen molar-refractivity contribution in [3.8, 4) is 33.4 Å². The zero-order valence-corrected chi connectivity index (χ0v) is 28.5. The summed E-state index contributed by atoms with van der Waals surface area (Å²) in [6.07, 6.45) is 0. The van der Waals surface area contributed by atoms with Crippen LogP contribution in [0.5, 0.6) is 0 Å². The van der Waals surface area contributed by atoms with Crippen LogP contribution in [0.15, 0.2) is 192 Å². The van der Waals surface area contributed by atoms with Crippen molar-refractivity contribution in [3.05, 3.63) is 188 Å². The normalized spacial score (nSPS) is 11.5. The van der Waals surface area contributed by atoms with Crippen LogP contribution in [0.4, 0.5) is 17.1 Å². The lowest BCUT2D eigenvalue weighted by molar-refractivity contribution is 0.669. The Bertz CT molecular complexity index is 2830. The lowest BCUT2D eigenvalue weighted by atomic mass is 9.98. The van der Waals surface area contributed by atoms with Gasteiger partial charge in [-0.05, 0) is 64.2 Å². The first kappa shape index (κ1) is 29.5. The molecule has 2 heterocycles. The van der Waals surface area contributed by atoms with Gasteiger partial charge in [-0.25, -0.2) is 0 Å². The van der Waals surface area contributed by atoms with Gasteiger partial charge in [0.05, 0.1) is 10.4 Å². The smallest absolute Gasteiger partial charge is 0.137 e. The van der Waals surface area contributed by atoms with E-state index in [1.54, 1.807) is 0 Å². The maximum Gasteiger partial charge on any atom is 0.137 e. The van der Waals surface area contributed by atoms with E-state index < -0.39 is 0 Å². The minimum Gasteiger partial charge on any atom is -0.456 e. The van der Waals surface area contributed by atoms with E-state index in [2.05, 4.69) is 181 Å². The molecule has 0 saturated carbocycles. The molecule has 0 fully saturated rings. The van der Waals surface area contributed by atoms with Crippen molar-refractivity contribution < 1.29 is 4.42 Å². The number of anilines is 3. The number of thiophene rings is 1. The number of nitrogens with zero attached hydrogens (tertiary/aromatic N) is 1. The second-order valence-corrected chi connectivity index (χ2v) is 14.0. The molecule has 0 N–H and O–H groups in total. The summed E-state index contributed by atoms with van der Waals surface area (Å²) in [6.45, 7) is 0. The van der Waals surface area contributed by atoms with Crippen molar-refractivity contribution in [2.45, 2.75) is 0 Å². The Hall–Kier alpha value is -6.42. The summed E-state index contributed by atoms with van der Waals surface area (Å²) in [6, 6.07) is 67.4.